The fraction of sp³-hybridized carbons (Fsp3) is 0.438. The minimum absolute atomic E-state index is 0.486. The van der Waals surface area contributed by atoms with Crippen LogP contribution >= 0.6 is 0 Å². The summed E-state index contributed by atoms with van der Waals surface area (Å²) in [6.45, 7) is 7.32. The molecule has 0 saturated heterocycles. The highest BCUT2D eigenvalue weighted by atomic mass is 15.1. The van der Waals surface area contributed by atoms with Crippen LogP contribution in [0.2, 0.25) is 0 Å². The molecule has 0 unspecified atom stereocenters. The molecule has 0 radical (unpaired) electrons. The minimum Gasteiger partial charge on any atom is -0.309 e. The lowest BCUT2D eigenvalue weighted by Crippen LogP contribution is -2.21. The van der Waals surface area contributed by atoms with Crippen molar-refractivity contribution in [3.05, 3.63) is 41.6 Å². The molecule has 2 aromatic rings. The van der Waals surface area contributed by atoms with Gasteiger partial charge in [0.15, 0.2) is 0 Å². The van der Waals surface area contributed by atoms with Gasteiger partial charge in [0, 0.05) is 23.8 Å². The Bertz CT molecular complexity index is 497. The zero-order valence-electron chi connectivity index (χ0n) is 12.0. The molecule has 2 rings (SSSR count). The maximum absolute atomic E-state index is 4.38. The molecule has 0 saturated carbocycles. The highest BCUT2D eigenvalue weighted by Gasteiger charge is 2.04. The molecular formula is C16H23N3. The lowest BCUT2D eigenvalue weighted by molar-refractivity contribution is 0.580. The van der Waals surface area contributed by atoms with Crippen molar-refractivity contribution in [2.45, 2.75) is 46.2 Å². The van der Waals surface area contributed by atoms with E-state index in [1.54, 1.807) is 0 Å². The van der Waals surface area contributed by atoms with Crippen molar-refractivity contribution in [1.29, 1.82) is 0 Å². The maximum Gasteiger partial charge on any atom is 0.0924 e. The summed E-state index contributed by atoms with van der Waals surface area (Å²) in [4.78, 5) is 0. The van der Waals surface area contributed by atoms with Gasteiger partial charge in [-0.25, -0.2) is 0 Å². The Morgan fingerprint density at radius 3 is 2.58 bits per heavy atom. The number of nitrogens with zero attached hydrogens (tertiary/aromatic N) is 1. The third kappa shape index (κ3) is 3.93. The second-order valence-corrected chi connectivity index (χ2v) is 5.26. The highest BCUT2D eigenvalue weighted by molar-refractivity contribution is 5.59. The lowest BCUT2D eigenvalue weighted by Gasteiger charge is -2.04. The standard InChI is InChI=1S/C16H23N3/c1-4-5-13-6-8-14(9-7-13)16-10-15(18-19-16)11-17-12(2)3/h6-10,12,17H,4-5,11H2,1-3H3,(H,18,19). The number of benzene rings is 1. The van der Waals surface area contributed by atoms with Crippen LogP contribution in [0.1, 0.15) is 38.4 Å². The van der Waals surface area contributed by atoms with E-state index in [9.17, 15) is 0 Å². The second-order valence-electron chi connectivity index (χ2n) is 5.26. The molecule has 3 heteroatoms. The summed E-state index contributed by atoms with van der Waals surface area (Å²) in [6, 6.07) is 11.3. The van der Waals surface area contributed by atoms with E-state index < -0.39 is 0 Å². The van der Waals surface area contributed by atoms with Gasteiger partial charge < -0.3 is 5.32 Å². The van der Waals surface area contributed by atoms with E-state index in [-0.39, 0.29) is 0 Å². The number of hydrogen-bond donors (Lipinski definition) is 2. The average Bonchev–Trinajstić information content (AvgIpc) is 2.86. The molecular weight excluding hydrogens is 234 g/mol. The van der Waals surface area contributed by atoms with Crippen LogP contribution in [0.5, 0.6) is 0 Å². The van der Waals surface area contributed by atoms with Crippen LogP contribution in [0.25, 0.3) is 11.3 Å². The zero-order chi connectivity index (χ0) is 13.7. The van der Waals surface area contributed by atoms with E-state index in [2.05, 4.69) is 66.6 Å². The smallest absolute Gasteiger partial charge is 0.0924 e. The monoisotopic (exact) mass is 257 g/mol. The predicted octanol–water partition coefficient (Wildman–Crippen LogP) is 3.53. The van der Waals surface area contributed by atoms with Gasteiger partial charge in [0.05, 0.1) is 5.69 Å². The van der Waals surface area contributed by atoms with E-state index in [1.807, 2.05) is 0 Å². The fourth-order valence-corrected chi connectivity index (χ4v) is 2.04. The summed E-state index contributed by atoms with van der Waals surface area (Å²) in [5.41, 5.74) is 4.71. The average molecular weight is 257 g/mol. The first-order chi connectivity index (χ1) is 9.19. The summed E-state index contributed by atoms with van der Waals surface area (Å²) in [7, 11) is 0. The topological polar surface area (TPSA) is 40.7 Å². The molecule has 19 heavy (non-hydrogen) atoms. The molecule has 0 spiro atoms. The van der Waals surface area contributed by atoms with E-state index >= 15 is 0 Å². The normalized spacial score (nSPS) is 11.2. The van der Waals surface area contributed by atoms with Crippen LogP contribution in [0.3, 0.4) is 0 Å². The second kappa shape index (κ2) is 6.53. The molecule has 0 amide bonds. The van der Waals surface area contributed by atoms with Crippen LogP contribution < -0.4 is 5.32 Å². The Hall–Kier alpha value is -1.61. The molecule has 0 bridgehead atoms. The Morgan fingerprint density at radius 1 is 1.21 bits per heavy atom. The van der Waals surface area contributed by atoms with Crippen molar-refractivity contribution >= 4 is 0 Å². The summed E-state index contributed by atoms with van der Waals surface area (Å²) < 4.78 is 0. The number of rotatable bonds is 6. The number of H-pyrrole nitrogens is 1. The lowest BCUT2D eigenvalue weighted by atomic mass is 10.1. The van der Waals surface area contributed by atoms with Gasteiger partial charge in [0.1, 0.15) is 0 Å². The largest absolute Gasteiger partial charge is 0.309 e. The van der Waals surface area contributed by atoms with Crippen molar-refractivity contribution in [3.8, 4) is 11.3 Å². The molecule has 3 nitrogen and oxygen atoms in total. The first-order valence-corrected chi connectivity index (χ1v) is 7.06. The van der Waals surface area contributed by atoms with Crippen LogP contribution in [-0.4, -0.2) is 16.2 Å². The highest BCUT2D eigenvalue weighted by Crippen LogP contribution is 2.18. The third-order valence-electron chi connectivity index (χ3n) is 3.12. The van der Waals surface area contributed by atoms with Crippen LogP contribution in [0.4, 0.5) is 0 Å². The van der Waals surface area contributed by atoms with Gasteiger partial charge in [-0.2, -0.15) is 5.10 Å². The number of nitrogens with one attached hydrogen (secondary N) is 2. The van der Waals surface area contributed by atoms with Gasteiger partial charge >= 0.3 is 0 Å². The van der Waals surface area contributed by atoms with E-state index in [0.717, 1.165) is 24.4 Å². The SMILES string of the molecule is CCCc1ccc(-c2cc(CNC(C)C)[nH]n2)cc1. The molecule has 0 aliphatic heterocycles. The third-order valence-corrected chi connectivity index (χ3v) is 3.12. The van der Waals surface area contributed by atoms with Gasteiger partial charge in [-0.3, -0.25) is 5.10 Å². The van der Waals surface area contributed by atoms with E-state index in [1.165, 1.54) is 17.5 Å². The Kier molecular flexibility index (Phi) is 4.74. The summed E-state index contributed by atoms with van der Waals surface area (Å²) in [5.74, 6) is 0. The molecule has 0 aliphatic carbocycles. The Morgan fingerprint density at radius 2 is 1.95 bits per heavy atom. The fourth-order valence-electron chi connectivity index (χ4n) is 2.04. The van der Waals surface area contributed by atoms with E-state index in [0.29, 0.717) is 6.04 Å². The predicted molar refractivity (Wildman–Crippen MR) is 80.0 cm³/mol. The number of aryl methyl sites for hydroxylation is 1. The van der Waals surface area contributed by atoms with E-state index in [4.69, 9.17) is 0 Å². The van der Waals surface area contributed by atoms with Crippen molar-refractivity contribution < 1.29 is 0 Å². The van der Waals surface area contributed by atoms with Crippen molar-refractivity contribution in [2.75, 3.05) is 0 Å². The first kappa shape index (κ1) is 13.8. The molecule has 0 aliphatic rings. The van der Waals surface area contributed by atoms with Crippen molar-refractivity contribution in [3.63, 3.8) is 0 Å². The molecule has 1 aromatic carbocycles. The molecule has 1 heterocycles. The van der Waals surface area contributed by atoms with Crippen LogP contribution in [-0.2, 0) is 13.0 Å². The Balaban J connectivity index is 2.05. The quantitative estimate of drug-likeness (QED) is 0.831. The molecule has 0 atom stereocenters. The molecule has 0 fully saturated rings. The minimum atomic E-state index is 0.486. The number of hydrogen-bond acceptors (Lipinski definition) is 2. The van der Waals surface area contributed by atoms with Crippen molar-refractivity contribution in [2.24, 2.45) is 0 Å². The van der Waals surface area contributed by atoms with Crippen LogP contribution in [0, 0.1) is 0 Å². The Labute approximate surface area is 115 Å². The van der Waals surface area contributed by atoms with Crippen LogP contribution in [0.15, 0.2) is 30.3 Å². The number of aromatic amines is 1. The summed E-state index contributed by atoms with van der Waals surface area (Å²) in [5, 5.41) is 10.8. The maximum atomic E-state index is 4.38. The van der Waals surface area contributed by atoms with Gasteiger partial charge in [0.25, 0.3) is 0 Å². The van der Waals surface area contributed by atoms with Gasteiger partial charge in [-0.05, 0) is 18.1 Å². The van der Waals surface area contributed by atoms with Gasteiger partial charge in [0.2, 0.25) is 0 Å². The molecule has 102 valence electrons. The van der Waals surface area contributed by atoms with Gasteiger partial charge in [-0.1, -0.05) is 51.5 Å². The van der Waals surface area contributed by atoms with Gasteiger partial charge in [-0.15, -0.1) is 0 Å². The molecule has 1 aromatic heterocycles. The summed E-state index contributed by atoms with van der Waals surface area (Å²) >= 11 is 0. The van der Waals surface area contributed by atoms with Crippen molar-refractivity contribution in [1.82, 2.24) is 15.5 Å². The first-order valence-electron chi connectivity index (χ1n) is 7.06. The zero-order valence-corrected chi connectivity index (χ0v) is 12.0. The molecule has 2 N–H and O–H groups in total. The number of aromatic nitrogens is 2. The summed E-state index contributed by atoms with van der Waals surface area (Å²) in [6.07, 6.45) is 2.33.